The van der Waals surface area contributed by atoms with Crippen molar-refractivity contribution in [2.75, 3.05) is 0 Å². The highest BCUT2D eigenvalue weighted by molar-refractivity contribution is 5.95. The van der Waals surface area contributed by atoms with Crippen molar-refractivity contribution in [2.24, 2.45) is 0 Å². The number of para-hydroxylation sites is 1. The van der Waals surface area contributed by atoms with Crippen LogP contribution in [0.1, 0.15) is 22.3 Å². The molecule has 11 rings (SSSR count). The molecule has 0 N–H and O–H groups in total. The second-order valence-electron chi connectivity index (χ2n) is 13.7. The van der Waals surface area contributed by atoms with Gasteiger partial charge in [-0.25, -0.2) is 9.97 Å². The van der Waals surface area contributed by atoms with Gasteiger partial charge in [0.15, 0.2) is 5.82 Å². The number of rotatable bonds is 4. The predicted molar refractivity (Wildman–Crippen MR) is 211 cm³/mol. The SMILES string of the molecule is c1ccc(-c2cc(-c3ccc(-c4ccc5c(c4)C4(c6ccccc6O5)c5ccccc5-c5cc6ccoc6cc54)cc3)nc(-c3ccccc3)n2)cc1. The minimum Gasteiger partial charge on any atom is -0.464 e. The zero-order valence-electron chi connectivity index (χ0n) is 28.5. The average molecular weight is 679 g/mol. The summed E-state index contributed by atoms with van der Waals surface area (Å²) in [7, 11) is 0. The Balaban J connectivity index is 1.06. The van der Waals surface area contributed by atoms with Crippen LogP contribution in [-0.2, 0) is 5.41 Å². The van der Waals surface area contributed by atoms with Gasteiger partial charge in [0.2, 0.25) is 0 Å². The molecule has 248 valence electrons. The van der Waals surface area contributed by atoms with Gasteiger partial charge in [-0.2, -0.15) is 0 Å². The van der Waals surface area contributed by atoms with E-state index >= 15 is 0 Å². The summed E-state index contributed by atoms with van der Waals surface area (Å²) in [6.45, 7) is 0. The minimum absolute atomic E-state index is 0.588. The van der Waals surface area contributed by atoms with Gasteiger partial charge in [0, 0.05) is 33.2 Å². The van der Waals surface area contributed by atoms with Gasteiger partial charge < -0.3 is 9.15 Å². The Bertz CT molecular complexity index is 2800. The summed E-state index contributed by atoms with van der Waals surface area (Å²) in [4.78, 5) is 10.0. The molecule has 4 heteroatoms. The summed E-state index contributed by atoms with van der Waals surface area (Å²) in [6, 6.07) is 61.7. The summed E-state index contributed by atoms with van der Waals surface area (Å²) >= 11 is 0. The highest BCUT2D eigenvalue weighted by Gasteiger charge is 2.51. The molecule has 2 aromatic heterocycles. The number of hydrogen-bond acceptors (Lipinski definition) is 4. The predicted octanol–water partition coefficient (Wildman–Crippen LogP) is 12.4. The lowest BCUT2D eigenvalue weighted by Crippen LogP contribution is -2.32. The van der Waals surface area contributed by atoms with Crippen molar-refractivity contribution >= 4 is 11.0 Å². The fraction of sp³-hybridized carbons (Fsp3) is 0.0204. The number of benzene rings is 7. The van der Waals surface area contributed by atoms with E-state index in [9.17, 15) is 0 Å². The largest absolute Gasteiger partial charge is 0.464 e. The normalized spacial score (nSPS) is 15.0. The lowest BCUT2D eigenvalue weighted by atomic mass is 9.65. The van der Waals surface area contributed by atoms with Crippen LogP contribution in [-0.4, -0.2) is 9.97 Å². The molecule has 0 bridgehead atoms. The number of furan rings is 1. The first-order valence-corrected chi connectivity index (χ1v) is 17.9. The highest BCUT2D eigenvalue weighted by atomic mass is 16.5. The number of ether oxygens (including phenoxy) is 1. The van der Waals surface area contributed by atoms with Crippen LogP contribution >= 0.6 is 0 Å². The van der Waals surface area contributed by atoms with Gasteiger partial charge in [-0.05, 0) is 75.8 Å². The van der Waals surface area contributed by atoms with E-state index in [2.05, 4.69) is 127 Å². The Kier molecular flexibility index (Phi) is 6.43. The first-order chi connectivity index (χ1) is 26.2. The molecule has 2 aliphatic rings. The van der Waals surface area contributed by atoms with Crippen molar-refractivity contribution in [3.05, 3.63) is 204 Å². The molecule has 0 fully saturated rings. The van der Waals surface area contributed by atoms with E-state index < -0.39 is 5.41 Å². The maximum atomic E-state index is 6.69. The zero-order valence-corrected chi connectivity index (χ0v) is 28.5. The lowest BCUT2D eigenvalue weighted by molar-refractivity contribution is 0.436. The molecule has 9 aromatic rings. The van der Waals surface area contributed by atoms with Crippen molar-refractivity contribution in [3.8, 4) is 67.7 Å². The summed E-state index contributed by atoms with van der Waals surface area (Å²) in [6.07, 6.45) is 1.78. The summed E-state index contributed by atoms with van der Waals surface area (Å²) in [5.74, 6) is 2.43. The van der Waals surface area contributed by atoms with E-state index in [4.69, 9.17) is 19.1 Å². The van der Waals surface area contributed by atoms with Crippen molar-refractivity contribution < 1.29 is 9.15 Å². The molecule has 4 nitrogen and oxygen atoms in total. The number of aromatic nitrogens is 2. The molecule has 0 amide bonds. The Morgan fingerprint density at radius 1 is 0.396 bits per heavy atom. The van der Waals surface area contributed by atoms with Crippen LogP contribution < -0.4 is 4.74 Å². The standard InChI is InChI=1S/C49H30N2O2/c1-3-11-32(12-4-1)43-30-44(51-48(50-43)34-13-5-2-6-14-34)33-21-19-31(20-22-33)35-23-24-46-42(28-35)49(40-17-9-10-18-45(40)53-46)39-16-8-7-15-37(39)38-27-36-25-26-52-47(36)29-41(38)49/h1-30H. The van der Waals surface area contributed by atoms with Crippen LogP contribution in [0.4, 0.5) is 0 Å². The van der Waals surface area contributed by atoms with Gasteiger partial charge in [0.25, 0.3) is 0 Å². The van der Waals surface area contributed by atoms with Crippen LogP contribution in [0.25, 0.3) is 67.1 Å². The van der Waals surface area contributed by atoms with Crippen molar-refractivity contribution in [1.82, 2.24) is 9.97 Å². The molecule has 0 saturated heterocycles. The maximum Gasteiger partial charge on any atom is 0.160 e. The molecule has 1 spiro atoms. The molecule has 1 unspecified atom stereocenters. The molecule has 7 aromatic carbocycles. The van der Waals surface area contributed by atoms with Crippen LogP contribution in [0.2, 0.25) is 0 Å². The Hall–Kier alpha value is -7.04. The highest BCUT2D eigenvalue weighted by Crippen LogP contribution is 2.62. The first-order valence-electron chi connectivity index (χ1n) is 17.9. The van der Waals surface area contributed by atoms with Crippen LogP contribution in [0.5, 0.6) is 11.5 Å². The fourth-order valence-corrected chi connectivity index (χ4v) is 8.44. The van der Waals surface area contributed by atoms with Gasteiger partial charge in [0.05, 0.1) is 23.1 Å². The van der Waals surface area contributed by atoms with Gasteiger partial charge in [-0.3, -0.25) is 0 Å². The summed E-state index contributed by atoms with van der Waals surface area (Å²) in [5.41, 5.74) is 14.5. The molecule has 3 heterocycles. The van der Waals surface area contributed by atoms with Gasteiger partial charge in [-0.15, -0.1) is 0 Å². The molecule has 1 aliphatic heterocycles. The monoisotopic (exact) mass is 678 g/mol. The fourth-order valence-electron chi connectivity index (χ4n) is 8.44. The van der Waals surface area contributed by atoms with Gasteiger partial charge in [-0.1, -0.05) is 133 Å². The van der Waals surface area contributed by atoms with Crippen molar-refractivity contribution in [2.45, 2.75) is 5.41 Å². The molecule has 1 aliphatic carbocycles. The quantitative estimate of drug-likeness (QED) is 0.186. The van der Waals surface area contributed by atoms with E-state index in [1.165, 1.54) is 22.3 Å². The zero-order chi connectivity index (χ0) is 34.9. The second kappa shape index (κ2) is 11.5. The third kappa shape index (κ3) is 4.49. The van der Waals surface area contributed by atoms with Gasteiger partial charge >= 0.3 is 0 Å². The topological polar surface area (TPSA) is 48.2 Å². The molecular weight excluding hydrogens is 649 g/mol. The minimum atomic E-state index is -0.588. The Labute approximate surface area is 306 Å². The molecule has 0 saturated carbocycles. The second-order valence-corrected chi connectivity index (χ2v) is 13.7. The van der Waals surface area contributed by atoms with E-state index in [1.807, 2.05) is 48.5 Å². The van der Waals surface area contributed by atoms with Crippen LogP contribution in [0, 0.1) is 0 Å². The molecular formula is C49H30N2O2. The average Bonchev–Trinajstić information content (AvgIpc) is 3.81. The lowest BCUT2D eigenvalue weighted by Gasteiger charge is -2.39. The maximum absolute atomic E-state index is 6.69. The Morgan fingerprint density at radius 2 is 1.02 bits per heavy atom. The van der Waals surface area contributed by atoms with Crippen molar-refractivity contribution in [1.29, 1.82) is 0 Å². The number of hydrogen-bond donors (Lipinski definition) is 0. The molecule has 53 heavy (non-hydrogen) atoms. The van der Waals surface area contributed by atoms with E-state index in [0.29, 0.717) is 5.82 Å². The van der Waals surface area contributed by atoms with E-state index in [0.717, 1.165) is 72.8 Å². The van der Waals surface area contributed by atoms with Crippen LogP contribution in [0.15, 0.2) is 187 Å². The summed E-state index contributed by atoms with van der Waals surface area (Å²) < 4.78 is 12.7. The molecule has 0 radical (unpaired) electrons. The number of fused-ring (bicyclic) bond motifs is 10. The third-order valence-electron chi connectivity index (χ3n) is 10.9. The first kappa shape index (κ1) is 29.7. The smallest absolute Gasteiger partial charge is 0.160 e. The van der Waals surface area contributed by atoms with Crippen molar-refractivity contribution in [3.63, 3.8) is 0 Å². The van der Waals surface area contributed by atoms with Gasteiger partial charge in [0.1, 0.15) is 17.1 Å². The van der Waals surface area contributed by atoms with E-state index in [-0.39, 0.29) is 0 Å². The summed E-state index contributed by atoms with van der Waals surface area (Å²) in [5, 5.41) is 1.10. The Morgan fingerprint density at radius 3 is 1.81 bits per heavy atom. The third-order valence-corrected chi connectivity index (χ3v) is 10.9. The van der Waals surface area contributed by atoms with Crippen LogP contribution in [0.3, 0.4) is 0 Å². The van der Waals surface area contributed by atoms with E-state index in [1.54, 1.807) is 6.26 Å². The molecule has 1 atom stereocenters. The number of nitrogens with zero attached hydrogens (tertiary/aromatic N) is 2.